The van der Waals surface area contributed by atoms with Crippen LogP contribution in [0.25, 0.3) is 0 Å². The first-order valence-electron chi connectivity index (χ1n) is 8.72. The minimum absolute atomic E-state index is 0.0530. The molecule has 0 aliphatic carbocycles. The topological polar surface area (TPSA) is 62.2 Å². The van der Waals surface area contributed by atoms with E-state index in [-0.39, 0.29) is 5.91 Å². The van der Waals surface area contributed by atoms with Gasteiger partial charge in [-0.25, -0.2) is 9.97 Å². The van der Waals surface area contributed by atoms with Crippen molar-refractivity contribution in [2.45, 2.75) is 33.1 Å². The van der Waals surface area contributed by atoms with Gasteiger partial charge in [0.25, 0.3) is 5.91 Å². The first-order valence-corrected chi connectivity index (χ1v) is 8.72. The van der Waals surface area contributed by atoms with Gasteiger partial charge >= 0.3 is 0 Å². The van der Waals surface area contributed by atoms with Gasteiger partial charge in [-0.15, -0.1) is 0 Å². The van der Waals surface area contributed by atoms with E-state index in [1.165, 1.54) is 5.56 Å². The van der Waals surface area contributed by atoms with Gasteiger partial charge in [0.15, 0.2) is 0 Å². The summed E-state index contributed by atoms with van der Waals surface area (Å²) in [5.74, 6) is 1.33. The molecule has 2 aromatic heterocycles. The average Bonchev–Trinajstić information content (AvgIpc) is 2.63. The van der Waals surface area contributed by atoms with E-state index in [0.29, 0.717) is 11.5 Å². The molecule has 0 fully saturated rings. The Balaban J connectivity index is 2.08. The monoisotopic (exact) mass is 341 g/mol. The summed E-state index contributed by atoms with van der Waals surface area (Å²) < 4.78 is 0. The zero-order valence-electron chi connectivity index (χ0n) is 15.6. The van der Waals surface area contributed by atoms with Crippen LogP contribution < -0.4 is 4.90 Å². The fourth-order valence-electron chi connectivity index (χ4n) is 2.51. The molecule has 0 aliphatic heterocycles. The molecular weight excluding hydrogens is 314 g/mol. The number of unbranched alkanes of at least 4 members (excludes halogenated alkanes) is 1. The normalized spacial score (nSPS) is 10.6. The minimum Gasteiger partial charge on any atom is -0.359 e. The highest BCUT2D eigenvalue weighted by atomic mass is 16.2. The largest absolute Gasteiger partial charge is 0.359 e. The van der Waals surface area contributed by atoms with Crippen molar-refractivity contribution in [3.8, 4) is 0 Å². The van der Waals surface area contributed by atoms with Crippen LogP contribution >= 0.6 is 0 Å². The van der Waals surface area contributed by atoms with E-state index in [1.807, 2.05) is 33.2 Å². The standard InChI is InChI=1S/C19H27N5O/c1-5-6-12-24(4)19(25)17-14-18(22-15(2)21-17)23(3)13-9-16-7-10-20-11-8-16/h7-8,10-11,14H,5-6,9,12-13H2,1-4H3. The van der Waals surface area contributed by atoms with Crippen LogP contribution in [0.5, 0.6) is 0 Å². The van der Waals surface area contributed by atoms with Crippen molar-refractivity contribution in [1.29, 1.82) is 0 Å². The van der Waals surface area contributed by atoms with Gasteiger partial charge in [0.1, 0.15) is 17.3 Å². The first-order chi connectivity index (χ1) is 12.0. The predicted octanol–water partition coefficient (Wildman–Crippen LogP) is 2.73. The van der Waals surface area contributed by atoms with Crippen LogP contribution in [-0.4, -0.2) is 52.9 Å². The van der Waals surface area contributed by atoms with Gasteiger partial charge in [0, 0.05) is 45.6 Å². The summed E-state index contributed by atoms with van der Waals surface area (Å²) in [6.45, 7) is 5.48. The van der Waals surface area contributed by atoms with Crippen LogP contribution in [0.15, 0.2) is 30.6 Å². The fraction of sp³-hybridized carbons (Fsp3) is 0.474. The Morgan fingerprint density at radius 2 is 1.84 bits per heavy atom. The second-order valence-electron chi connectivity index (χ2n) is 6.27. The molecule has 0 spiro atoms. The Kier molecular flexibility index (Phi) is 6.86. The van der Waals surface area contributed by atoms with Crippen molar-refractivity contribution < 1.29 is 4.79 Å². The number of hydrogen-bond acceptors (Lipinski definition) is 5. The number of amides is 1. The highest BCUT2D eigenvalue weighted by molar-refractivity contribution is 5.92. The third-order valence-corrected chi connectivity index (χ3v) is 4.11. The Labute approximate surface area is 149 Å². The summed E-state index contributed by atoms with van der Waals surface area (Å²) in [7, 11) is 3.81. The number of aryl methyl sites for hydroxylation is 1. The number of hydrogen-bond donors (Lipinski definition) is 0. The molecule has 0 atom stereocenters. The highest BCUT2D eigenvalue weighted by Crippen LogP contribution is 2.14. The van der Waals surface area contributed by atoms with Crippen molar-refractivity contribution in [1.82, 2.24) is 19.9 Å². The van der Waals surface area contributed by atoms with Crippen LogP contribution in [0, 0.1) is 6.92 Å². The summed E-state index contributed by atoms with van der Waals surface area (Å²) in [6, 6.07) is 5.80. The summed E-state index contributed by atoms with van der Waals surface area (Å²) in [5, 5.41) is 0. The Morgan fingerprint density at radius 1 is 1.12 bits per heavy atom. The second kappa shape index (κ2) is 9.11. The molecule has 0 aliphatic rings. The van der Waals surface area contributed by atoms with E-state index in [4.69, 9.17) is 0 Å². The predicted molar refractivity (Wildman–Crippen MR) is 99.8 cm³/mol. The molecule has 2 aromatic rings. The van der Waals surface area contributed by atoms with Gasteiger partial charge in [-0.1, -0.05) is 13.3 Å². The van der Waals surface area contributed by atoms with Gasteiger partial charge < -0.3 is 9.80 Å². The molecule has 0 unspecified atom stereocenters. The van der Waals surface area contributed by atoms with E-state index < -0.39 is 0 Å². The molecule has 134 valence electrons. The second-order valence-corrected chi connectivity index (χ2v) is 6.27. The van der Waals surface area contributed by atoms with Gasteiger partial charge in [0.05, 0.1) is 0 Å². The Morgan fingerprint density at radius 3 is 2.52 bits per heavy atom. The van der Waals surface area contributed by atoms with Crippen molar-refractivity contribution in [3.63, 3.8) is 0 Å². The lowest BCUT2D eigenvalue weighted by Gasteiger charge is -2.21. The van der Waals surface area contributed by atoms with Gasteiger partial charge in [-0.2, -0.15) is 0 Å². The molecule has 6 heteroatoms. The number of likely N-dealkylation sites (N-methyl/N-ethyl adjacent to an activating group) is 1. The Bertz CT molecular complexity index is 689. The van der Waals surface area contributed by atoms with Crippen molar-refractivity contribution in [2.24, 2.45) is 0 Å². The molecule has 0 bridgehead atoms. The minimum atomic E-state index is -0.0530. The number of carbonyl (C=O) groups excluding carboxylic acids is 1. The Hall–Kier alpha value is -2.50. The van der Waals surface area contributed by atoms with Gasteiger partial charge in [-0.05, 0) is 37.5 Å². The maximum atomic E-state index is 12.6. The number of pyridine rings is 1. The molecule has 2 rings (SSSR count). The molecule has 6 nitrogen and oxygen atoms in total. The lowest BCUT2D eigenvalue weighted by atomic mass is 10.2. The molecule has 0 N–H and O–H groups in total. The molecule has 0 aromatic carbocycles. The molecule has 2 heterocycles. The van der Waals surface area contributed by atoms with Crippen molar-refractivity contribution >= 4 is 11.7 Å². The highest BCUT2D eigenvalue weighted by Gasteiger charge is 2.16. The van der Waals surface area contributed by atoms with Crippen LogP contribution in [0.1, 0.15) is 41.6 Å². The average molecular weight is 341 g/mol. The zero-order valence-corrected chi connectivity index (χ0v) is 15.6. The lowest BCUT2D eigenvalue weighted by molar-refractivity contribution is 0.0787. The van der Waals surface area contributed by atoms with Crippen LogP contribution in [0.3, 0.4) is 0 Å². The lowest BCUT2D eigenvalue weighted by Crippen LogP contribution is -2.29. The molecule has 0 saturated carbocycles. The SMILES string of the molecule is CCCCN(C)C(=O)c1cc(N(C)CCc2ccncc2)nc(C)n1. The van der Waals surface area contributed by atoms with E-state index in [0.717, 1.165) is 38.2 Å². The third kappa shape index (κ3) is 5.52. The number of anilines is 1. The molecule has 0 saturated heterocycles. The molecule has 25 heavy (non-hydrogen) atoms. The van der Waals surface area contributed by atoms with Crippen LogP contribution in [0.2, 0.25) is 0 Å². The maximum Gasteiger partial charge on any atom is 0.272 e. The first kappa shape index (κ1) is 18.8. The number of carbonyl (C=O) groups is 1. The summed E-state index contributed by atoms with van der Waals surface area (Å²) in [5.41, 5.74) is 1.68. The molecule has 1 amide bonds. The van der Waals surface area contributed by atoms with Gasteiger partial charge in [0.2, 0.25) is 0 Å². The fourth-order valence-corrected chi connectivity index (χ4v) is 2.51. The smallest absolute Gasteiger partial charge is 0.272 e. The number of nitrogens with zero attached hydrogens (tertiary/aromatic N) is 5. The van der Waals surface area contributed by atoms with Crippen molar-refractivity contribution in [3.05, 3.63) is 47.7 Å². The molecular formula is C19H27N5O. The quantitative estimate of drug-likeness (QED) is 0.739. The maximum absolute atomic E-state index is 12.6. The van der Waals surface area contributed by atoms with Gasteiger partial charge in [-0.3, -0.25) is 9.78 Å². The number of rotatable bonds is 8. The van der Waals surface area contributed by atoms with E-state index in [2.05, 4.69) is 26.8 Å². The van der Waals surface area contributed by atoms with E-state index in [1.54, 1.807) is 23.4 Å². The molecule has 0 radical (unpaired) electrons. The van der Waals surface area contributed by atoms with Crippen molar-refractivity contribution in [2.75, 3.05) is 32.1 Å². The summed E-state index contributed by atoms with van der Waals surface area (Å²) in [4.78, 5) is 29.2. The summed E-state index contributed by atoms with van der Waals surface area (Å²) in [6.07, 6.45) is 6.54. The zero-order chi connectivity index (χ0) is 18.2. The summed E-state index contributed by atoms with van der Waals surface area (Å²) >= 11 is 0. The van der Waals surface area contributed by atoms with E-state index >= 15 is 0 Å². The van der Waals surface area contributed by atoms with Crippen LogP contribution in [-0.2, 0) is 6.42 Å². The van der Waals surface area contributed by atoms with Crippen LogP contribution in [0.4, 0.5) is 5.82 Å². The third-order valence-electron chi connectivity index (χ3n) is 4.11. The van der Waals surface area contributed by atoms with E-state index in [9.17, 15) is 4.79 Å². The number of aromatic nitrogens is 3.